The van der Waals surface area contributed by atoms with E-state index < -0.39 is 11.7 Å². The van der Waals surface area contributed by atoms with E-state index in [1.54, 1.807) is 6.07 Å². The number of hydrogen-bond donors (Lipinski definition) is 3. The summed E-state index contributed by atoms with van der Waals surface area (Å²) in [6, 6.07) is 6.32. The first-order chi connectivity index (χ1) is 11.8. The maximum Gasteiger partial charge on any atom is 0.416 e. The Bertz CT molecular complexity index is 754. The Kier molecular flexibility index (Phi) is 6.07. The number of rotatable bonds is 7. The summed E-state index contributed by atoms with van der Waals surface area (Å²) >= 11 is 1.38. The molecule has 1 aromatic heterocycles. The van der Waals surface area contributed by atoms with Crippen molar-refractivity contribution in [1.29, 1.82) is 0 Å². The van der Waals surface area contributed by atoms with Crippen LogP contribution >= 0.6 is 11.8 Å². The minimum absolute atomic E-state index is 0.0454. The Balaban J connectivity index is 1.88. The van der Waals surface area contributed by atoms with Crippen LogP contribution in [0.2, 0.25) is 0 Å². The Morgan fingerprint density at radius 2 is 1.92 bits per heavy atom. The van der Waals surface area contributed by atoms with Crippen LogP contribution in [0.5, 0.6) is 0 Å². The SMILES string of the molecule is CSc1cc(NCC(=O)CNc2cccc(C(F)(F)F)c2)nc(N)n1. The van der Waals surface area contributed by atoms with Gasteiger partial charge in [0.2, 0.25) is 5.95 Å². The molecule has 2 rings (SSSR count). The Hall–Kier alpha value is -2.49. The van der Waals surface area contributed by atoms with E-state index in [2.05, 4.69) is 20.6 Å². The molecule has 0 spiro atoms. The normalized spacial score (nSPS) is 11.2. The molecule has 1 aromatic carbocycles. The van der Waals surface area contributed by atoms with E-state index in [0.717, 1.165) is 12.1 Å². The van der Waals surface area contributed by atoms with Gasteiger partial charge in [0.15, 0.2) is 5.78 Å². The second kappa shape index (κ2) is 8.06. The molecule has 0 fully saturated rings. The number of benzene rings is 1. The predicted octanol–water partition coefficient (Wildman–Crippen LogP) is 2.89. The van der Waals surface area contributed by atoms with Crippen molar-refractivity contribution in [3.63, 3.8) is 0 Å². The summed E-state index contributed by atoms with van der Waals surface area (Å²) in [7, 11) is 0. The van der Waals surface area contributed by atoms with Gasteiger partial charge in [-0.3, -0.25) is 4.79 Å². The number of thioether (sulfide) groups is 1. The van der Waals surface area contributed by atoms with Gasteiger partial charge in [0.1, 0.15) is 10.8 Å². The molecular weight excluding hydrogens is 355 g/mol. The molecule has 134 valence electrons. The van der Waals surface area contributed by atoms with Crippen LogP contribution < -0.4 is 16.4 Å². The summed E-state index contributed by atoms with van der Waals surface area (Å²) in [6.07, 6.45) is -2.60. The van der Waals surface area contributed by atoms with Gasteiger partial charge >= 0.3 is 6.18 Å². The van der Waals surface area contributed by atoms with Gasteiger partial charge in [-0.15, -0.1) is 11.8 Å². The molecule has 0 unspecified atom stereocenters. The summed E-state index contributed by atoms with van der Waals surface area (Å²) < 4.78 is 37.9. The molecule has 0 saturated carbocycles. The molecule has 0 aliphatic rings. The summed E-state index contributed by atoms with van der Waals surface area (Å²) in [4.78, 5) is 19.8. The largest absolute Gasteiger partial charge is 0.416 e. The molecule has 6 nitrogen and oxygen atoms in total. The first kappa shape index (κ1) is 18.8. The van der Waals surface area contributed by atoms with Crippen molar-refractivity contribution in [2.45, 2.75) is 11.2 Å². The van der Waals surface area contributed by atoms with E-state index in [1.165, 1.54) is 23.9 Å². The van der Waals surface area contributed by atoms with Gasteiger partial charge in [-0.25, -0.2) is 4.98 Å². The second-order valence-corrected chi connectivity index (χ2v) is 5.80. The van der Waals surface area contributed by atoms with E-state index in [1.807, 2.05) is 6.26 Å². The van der Waals surface area contributed by atoms with E-state index in [-0.39, 0.29) is 30.5 Å². The maximum atomic E-state index is 12.6. The summed E-state index contributed by atoms with van der Waals surface area (Å²) in [5.74, 6) is 0.244. The topological polar surface area (TPSA) is 92.9 Å². The number of anilines is 3. The smallest absolute Gasteiger partial charge is 0.378 e. The quantitative estimate of drug-likeness (QED) is 0.509. The highest BCUT2D eigenvalue weighted by atomic mass is 32.2. The van der Waals surface area contributed by atoms with Gasteiger partial charge in [0.25, 0.3) is 0 Å². The summed E-state index contributed by atoms with van der Waals surface area (Å²) in [5.41, 5.74) is 5.01. The minimum atomic E-state index is -4.43. The lowest BCUT2D eigenvalue weighted by Gasteiger charge is -2.11. The van der Waals surface area contributed by atoms with E-state index in [4.69, 9.17) is 5.73 Å². The number of carbonyl (C=O) groups excluding carboxylic acids is 1. The molecule has 1 heterocycles. The fraction of sp³-hybridized carbons (Fsp3) is 0.267. The number of alkyl halides is 3. The van der Waals surface area contributed by atoms with Crippen LogP contribution in [-0.4, -0.2) is 35.1 Å². The average molecular weight is 371 g/mol. The van der Waals surface area contributed by atoms with Gasteiger partial charge in [-0.1, -0.05) is 6.07 Å². The van der Waals surface area contributed by atoms with Gasteiger partial charge in [-0.05, 0) is 24.5 Å². The first-order valence-electron chi connectivity index (χ1n) is 7.13. The van der Waals surface area contributed by atoms with Crippen molar-refractivity contribution in [1.82, 2.24) is 9.97 Å². The van der Waals surface area contributed by atoms with Crippen LogP contribution in [0.1, 0.15) is 5.56 Å². The van der Waals surface area contributed by atoms with Crippen molar-refractivity contribution < 1.29 is 18.0 Å². The van der Waals surface area contributed by atoms with E-state index >= 15 is 0 Å². The molecule has 4 N–H and O–H groups in total. The molecule has 0 amide bonds. The van der Waals surface area contributed by atoms with Crippen LogP contribution in [0.25, 0.3) is 0 Å². The van der Waals surface area contributed by atoms with Crippen molar-refractivity contribution in [2.75, 3.05) is 35.7 Å². The third-order valence-corrected chi connectivity index (χ3v) is 3.70. The Morgan fingerprint density at radius 3 is 2.60 bits per heavy atom. The fourth-order valence-electron chi connectivity index (χ4n) is 1.90. The number of carbonyl (C=O) groups is 1. The zero-order valence-electron chi connectivity index (χ0n) is 13.2. The monoisotopic (exact) mass is 371 g/mol. The predicted molar refractivity (Wildman–Crippen MR) is 91.7 cm³/mol. The number of ketones is 1. The third-order valence-electron chi connectivity index (χ3n) is 3.08. The number of aromatic nitrogens is 2. The Morgan fingerprint density at radius 1 is 1.20 bits per heavy atom. The van der Waals surface area contributed by atoms with Gasteiger partial charge in [0, 0.05) is 11.8 Å². The lowest BCUT2D eigenvalue weighted by Crippen LogP contribution is -2.22. The lowest BCUT2D eigenvalue weighted by atomic mass is 10.2. The van der Waals surface area contributed by atoms with Gasteiger partial charge < -0.3 is 16.4 Å². The van der Waals surface area contributed by atoms with Crippen molar-refractivity contribution >= 4 is 35.0 Å². The molecular formula is C15H16F3N5OS. The number of hydrogen-bond acceptors (Lipinski definition) is 7. The van der Waals surface area contributed by atoms with E-state index in [0.29, 0.717) is 10.8 Å². The van der Waals surface area contributed by atoms with Crippen molar-refractivity contribution in [2.24, 2.45) is 0 Å². The van der Waals surface area contributed by atoms with Gasteiger partial charge in [0.05, 0.1) is 18.7 Å². The fourth-order valence-corrected chi connectivity index (χ4v) is 2.31. The number of halogens is 3. The molecule has 10 heteroatoms. The number of nitrogens with one attached hydrogen (secondary N) is 2. The van der Waals surface area contributed by atoms with Crippen LogP contribution in [0.3, 0.4) is 0 Å². The van der Waals surface area contributed by atoms with E-state index in [9.17, 15) is 18.0 Å². The summed E-state index contributed by atoms with van der Waals surface area (Å²) in [6.45, 7) is -0.166. The highest BCUT2D eigenvalue weighted by Gasteiger charge is 2.30. The zero-order valence-corrected chi connectivity index (χ0v) is 14.0. The van der Waals surface area contributed by atoms with Crippen molar-refractivity contribution in [3.05, 3.63) is 35.9 Å². The molecule has 25 heavy (non-hydrogen) atoms. The number of nitrogen functional groups attached to an aromatic ring is 1. The van der Waals surface area contributed by atoms with Crippen LogP contribution in [0.15, 0.2) is 35.4 Å². The molecule has 0 bridgehead atoms. The lowest BCUT2D eigenvalue weighted by molar-refractivity contribution is -0.137. The highest BCUT2D eigenvalue weighted by Crippen LogP contribution is 2.30. The molecule has 0 radical (unpaired) electrons. The third kappa shape index (κ3) is 5.82. The van der Waals surface area contributed by atoms with Crippen LogP contribution in [-0.2, 0) is 11.0 Å². The number of Topliss-reactive ketones (excluding diaryl/α,β-unsaturated/α-hetero) is 1. The first-order valence-corrected chi connectivity index (χ1v) is 8.35. The number of nitrogens with two attached hydrogens (primary N) is 1. The van der Waals surface area contributed by atoms with Gasteiger partial charge in [-0.2, -0.15) is 18.2 Å². The second-order valence-electron chi connectivity index (χ2n) is 4.98. The maximum absolute atomic E-state index is 12.6. The molecule has 0 atom stereocenters. The average Bonchev–Trinajstić information content (AvgIpc) is 2.57. The molecule has 0 aliphatic carbocycles. The number of nitrogens with zero attached hydrogens (tertiary/aromatic N) is 2. The highest BCUT2D eigenvalue weighted by molar-refractivity contribution is 7.98. The zero-order chi connectivity index (χ0) is 18.4. The molecule has 2 aromatic rings. The summed E-state index contributed by atoms with van der Waals surface area (Å²) in [5, 5.41) is 6.15. The standard InChI is InChI=1S/C15H16F3N5OS/c1-25-13-6-12(22-14(19)23-13)21-8-11(24)7-20-10-4-2-3-9(5-10)15(16,17)18/h2-6,20H,7-8H2,1H3,(H3,19,21,22,23). The minimum Gasteiger partial charge on any atom is -0.378 e. The Labute approximate surface area is 146 Å². The molecule has 0 saturated heterocycles. The molecule has 0 aliphatic heterocycles. The van der Waals surface area contributed by atoms with Crippen LogP contribution in [0.4, 0.5) is 30.6 Å². The van der Waals surface area contributed by atoms with Crippen molar-refractivity contribution in [3.8, 4) is 0 Å². The van der Waals surface area contributed by atoms with Crippen LogP contribution in [0, 0.1) is 0 Å².